The number of morpholine rings is 1. The Kier molecular flexibility index (Phi) is 4.62. The first-order chi connectivity index (χ1) is 8.61. The molecule has 1 heterocycles. The molecule has 18 heavy (non-hydrogen) atoms. The van der Waals surface area contributed by atoms with Gasteiger partial charge in [0.1, 0.15) is 0 Å². The predicted molar refractivity (Wildman–Crippen MR) is 71.1 cm³/mol. The third kappa shape index (κ3) is 3.04. The summed E-state index contributed by atoms with van der Waals surface area (Å²) in [6.07, 6.45) is 4.52. The van der Waals surface area contributed by atoms with Crippen molar-refractivity contribution >= 4 is 5.91 Å². The molecule has 1 amide bonds. The second-order valence-electron chi connectivity index (χ2n) is 5.95. The summed E-state index contributed by atoms with van der Waals surface area (Å²) < 4.78 is 5.59. The Morgan fingerprint density at radius 2 is 2.17 bits per heavy atom. The fourth-order valence-corrected chi connectivity index (χ4v) is 3.17. The summed E-state index contributed by atoms with van der Waals surface area (Å²) in [7, 11) is 0. The van der Waals surface area contributed by atoms with Crippen molar-refractivity contribution in [1.82, 2.24) is 4.90 Å². The van der Waals surface area contributed by atoms with Crippen molar-refractivity contribution in [3.8, 4) is 0 Å². The van der Waals surface area contributed by atoms with E-state index in [1.165, 1.54) is 6.42 Å². The normalized spacial score (nSPS) is 37.6. The van der Waals surface area contributed by atoms with Gasteiger partial charge in [-0.2, -0.15) is 0 Å². The number of amides is 1. The molecule has 2 N–H and O–H groups in total. The van der Waals surface area contributed by atoms with Gasteiger partial charge in [-0.25, -0.2) is 0 Å². The molecule has 4 atom stereocenters. The Morgan fingerprint density at radius 1 is 1.39 bits per heavy atom. The van der Waals surface area contributed by atoms with Crippen molar-refractivity contribution in [3.05, 3.63) is 0 Å². The van der Waals surface area contributed by atoms with Crippen LogP contribution < -0.4 is 5.73 Å². The average molecular weight is 254 g/mol. The zero-order valence-electron chi connectivity index (χ0n) is 11.6. The molecule has 0 radical (unpaired) electrons. The number of nitrogens with zero attached hydrogens (tertiary/aromatic N) is 1. The Balaban J connectivity index is 1.96. The Bertz CT molecular complexity index is 296. The molecule has 4 unspecified atom stereocenters. The van der Waals surface area contributed by atoms with Crippen LogP contribution in [0.15, 0.2) is 0 Å². The topological polar surface area (TPSA) is 55.6 Å². The minimum absolute atomic E-state index is 0.166. The summed E-state index contributed by atoms with van der Waals surface area (Å²) in [5, 5.41) is 0. The lowest BCUT2D eigenvalue weighted by atomic mass is 9.80. The highest BCUT2D eigenvalue weighted by molar-refractivity contribution is 5.79. The van der Waals surface area contributed by atoms with E-state index < -0.39 is 0 Å². The van der Waals surface area contributed by atoms with Crippen LogP contribution in [0.5, 0.6) is 0 Å². The van der Waals surface area contributed by atoms with Crippen LogP contribution in [0.4, 0.5) is 0 Å². The SMILES string of the molecule is CC1CN(C(=O)C2CCCC(CN)C2)C(C)CO1. The molecule has 2 fully saturated rings. The van der Waals surface area contributed by atoms with Crippen LogP contribution >= 0.6 is 0 Å². The van der Waals surface area contributed by atoms with Crippen molar-refractivity contribution in [2.75, 3.05) is 19.7 Å². The van der Waals surface area contributed by atoms with Crippen molar-refractivity contribution < 1.29 is 9.53 Å². The lowest BCUT2D eigenvalue weighted by Gasteiger charge is -2.40. The number of nitrogens with two attached hydrogens (primary N) is 1. The molecule has 104 valence electrons. The molecule has 1 saturated carbocycles. The number of hydrogen-bond donors (Lipinski definition) is 1. The number of ether oxygens (including phenoxy) is 1. The molecule has 0 spiro atoms. The van der Waals surface area contributed by atoms with Gasteiger partial charge >= 0.3 is 0 Å². The molecule has 2 rings (SSSR count). The van der Waals surface area contributed by atoms with Crippen LogP contribution in [-0.2, 0) is 9.53 Å². The van der Waals surface area contributed by atoms with Gasteiger partial charge in [-0.1, -0.05) is 6.42 Å². The van der Waals surface area contributed by atoms with Crippen molar-refractivity contribution in [1.29, 1.82) is 0 Å². The third-order valence-electron chi connectivity index (χ3n) is 4.36. The third-order valence-corrected chi connectivity index (χ3v) is 4.36. The van der Waals surface area contributed by atoms with E-state index in [2.05, 4.69) is 6.92 Å². The van der Waals surface area contributed by atoms with Crippen LogP contribution in [0, 0.1) is 11.8 Å². The van der Waals surface area contributed by atoms with Crippen LogP contribution in [0.25, 0.3) is 0 Å². The number of carbonyl (C=O) groups excluding carboxylic acids is 1. The molecule has 0 aromatic rings. The molecule has 0 aromatic heterocycles. The highest BCUT2D eigenvalue weighted by Gasteiger charge is 2.34. The van der Waals surface area contributed by atoms with Gasteiger partial charge in [0.05, 0.1) is 18.8 Å². The standard InChI is InChI=1S/C14H26N2O2/c1-10-9-18-11(2)8-16(10)14(17)13-5-3-4-12(6-13)7-15/h10-13H,3-9,15H2,1-2H3. The van der Waals surface area contributed by atoms with E-state index in [-0.39, 0.29) is 18.1 Å². The van der Waals surface area contributed by atoms with E-state index in [0.29, 0.717) is 18.4 Å². The zero-order valence-corrected chi connectivity index (χ0v) is 11.6. The summed E-state index contributed by atoms with van der Waals surface area (Å²) in [6.45, 7) is 6.24. The summed E-state index contributed by atoms with van der Waals surface area (Å²) in [6, 6.07) is 0.215. The summed E-state index contributed by atoms with van der Waals surface area (Å²) >= 11 is 0. The fraction of sp³-hybridized carbons (Fsp3) is 0.929. The van der Waals surface area contributed by atoms with Crippen molar-refractivity contribution in [3.63, 3.8) is 0 Å². The van der Waals surface area contributed by atoms with Crippen molar-refractivity contribution in [2.24, 2.45) is 17.6 Å². The van der Waals surface area contributed by atoms with Gasteiger partial charge in [0.25, 0.3) is 0 Å². The van der Waals surface area contributed by atoms with Gasteiger partial charge in [-0.05, 0) is 45.6 Å². The molecular formula is C14H26N2O2. The van der Waals surface area contributed by atoms with Crippen LogP contribution in [0.2, 0.25) is 0 Å². The smallest absolute Gasteiger partial charge is 0.226 e. The lowest BCUT2D eigenvalue weighted by molar-refractivity contribution is -0.149. The first kappa shape index (κ1) is 13.8. The zero-order chi connectivity index (χ0) is 13.1. The Morgan fingerprint density at radius 3 is 2.89 bits per heavy atom. The van der Waals surface area contributed by atoms with Gasteiger partial charge in [-0.3, -0.25) is 4.79 Å². The van der Waals surface area contributed by atoms with E-state index in [1.54, 1.807) is 0 Å². The molecule has 0 aromatic carbocycles. The van der Waals surface area contributed by atoms with E-state index in [4.69, 9.17) is 10.5 Å². The van der Waals surface area contributed by atoms with Gasteiger partial charge in [0.15, 0.2) is 0 Å². The Labute approximate surface area is 110 Å². The quantitative estimate of drug-likeness (QED) is 0.810. The molecular weight excluding hydrogens is 228 g/mol. The second kappa shape index (κ2) is 6.02. The summed E-state index contributed by atoms with van der Waals surface area (Å²) in [5.74, 6) is 1.07. The van der Waals surface area contributed by atoms with E-state index in [0.717, 1.165) is 32.4 Å². The highest BCUT2D eigenvalue weighted by atomic mass is 16.5. The molecule has 1 aliphatic carbocycles. The predicted octanol–water partition coefficient (Wildman–Crippen LogP) is 1.39. The minimum atomic E-state index is 0.166. The first-order valence-corrected chi connectivity index (χ1v) is 7.24. The number of carbonyl (C=O) groups is 1. The molecule has 0 bridgehead atoms. The molecule has 1 saturated heterocycles. The van der Waals surface area contributed by atoms with Crippen LogP contribution in [0.3, 0.4) is 0 Å². The van der Waals surface area contributed by atoms with Crippen molar-refractivity contribution in [2.45, 2.75) is 51.7 Å². The maximum Gasteiger partial charge on any atom is 0.226 e. The van der Waals surface area contributed by atoms with Gasteiger partial charge in [-0.15, -0.1) is 0 Å². The van der Waals surface area contributed by atoms with E-state index in [1.807, 2.05) is 11.8 Å². The minimum Gasteiger partial charge on any atom is -0.375 e. The van der Waals surface area contributed by atoms with Gasteiger partial charge in [0, 0.05) is 12.5 Å². The summed E-state index contributed by atoms with van der Waals surface area (Å²) in [4.78, 5) is 14.6. The molecule has 4 nitrogen and oxygen atoms in total. The fourth-order valence-electron chi connectivity index (χ4n) is 3.17. The van der Waals surface area contributed by atoms with Crippen LogP contribution in [0.1, 0.15) is 39.5 Å². The Hall–Kier alpha value is -0.610. The maximum atomic E-state index is 12.6. The van der Waals surface area contributed by atoms with Crippen LogP contribution in [-0.4, -0.2) is 42.6 Å². The van der Waals surface area contributed by atoms with E-state index in [9.17, 15) is 4.79 Å². The van der Waals surface area contributed by atoms with E-state index >= 15 is 0 Å². The molecule has 1 aliphatic heterocycles. The highest BCUT2D eigenvalue weighted by Crippen LogP contribution is 2.30. The van der Waals surface area contributed by atoms with Gasteiger partial charge in [0.2, 0.25) is 5.91 Å². The average Bonchev–Trinajstić information content (AvgIpc) is 2.41. The molecule has 4 heteroatoms. The number of hydrogen-bond acceptors (Lipinski definition) is 3. The van der Waals surface area contributed by atoms with Gasteiger partial charge < -0.3 is 15.4 Å². The second-order valence-corrected chi connectivity index (χ2v) is 5.95. The maximum absolute atomic E-state index is 12.6. The largest absolute Gasteiger partial charge is 0.375 e. The summed E-state index contributed by atoms with van der Waals surface area (Å²) in [5.41, 5.74) is 5.75. The monoisotopic (exact) mass is 254 g/mol. The number of rotatable bonds is 2. The molecule has 2 aliphatic rings. The lowest BCUT2D eigenvalue weighted by Crippen LogP contribution is -2.52. The first-order valence-electron chi connectivity index (χ1n) is 7.24.